The standard InChI is InChI=1S/C20H27ClN4OS.HI/c1-2-22-20(23-14-16-5-7-17(21)8-6-16)24-15-18(19-4-3-13-27-19)25-9-11-26-12-10-25;/h3-8,13,18H,2,9-12,14-15H2,1H3,(H2,22,23,24);1H. The van der Waals surface area contributed by atoms with Gasteiger partial charge in [-0.25, -0.2) is 4.99 Å². The first-order valence-electron chi connectivity index (χ1n) is 9.38. The van der Waals surface area contributed by atoms with Crippen molar-refractivity contribution in [1.29, 1.82) is 0 Å². The van der Waals surface area contributed by atoms with E-state index in [1.54, 1.807) is 11.3 Å². The van der Waals surface area contributed by atoms with Gasteiger partial charge in [-0.3, -0.25) is 4.90 Å². The number of benzene rings is 1. The molecule has 1 aliphatic rings. The van der Waals surface area contributed by atoms with Gasteiger partial charge in [-0.2, -0.15) is 0 Å². The number of hydrogen-bond acceptors (Lipinski definition) is 4. The van der Waals surface area contributed by atoms with Gasteiger partial charge in [-0.1, -0.05) is 29.8 Å². The van der Waals surface area contributed by atoms with Crippen LogP contribution in [0.15, 0.2) is 46.8 Å². The third-order valence-electron chi connectivity index (χ3n) is 4.50. The summed E-state index contributed by atoms with van der Waals surface area (Å²) >= 11 is 7.76. The normalized spacial score (nSPS) is 16.3. The topological polar surface area (TPSA) is 48.9 Å². The van der Waals surface area contributed by atoms with Crippen LogP contribution in [-0.2, 0) is 11.3 Å². The summed E-state index contributed by atoms with van der Waals surface area (Å²) in [6.07, 6.45) is 0. The molecule has 1 fully saturated rings. The van der Waals surface area contributed by atoms with Crippen LogP contribution in [0.3, 0.4) is 0 Å². The van der Waals surface area contributed by atoms with Crippen molar-refractivity contribution in [2.24, 2.45) is 4.99 Å². The van der Waals surface area contributed by atoms with Gasteiger partial charge in [-0.05, 0) is 36.1 Å². The van der Waals surface area contributed by atoms with Gasteiger partial charge in [0.15, 0.2) is 5.96 Å². The van der Waals surface area contributed by atoms with Gasteiger partial charge in [0, 0.05) is 36.1 Å². The zero-order valence-electron chi connectivity index (χ0n) is 16.1. The summed E-state index contributed by atoms with van der Waals surface area (Å²) in [5.74, 6) is 0.835. The summed E-state index contributed by atoms with van der Waals surface area (Å²) < 4.78 is 5.52. The largest absolute Gasteiger partial charge is 0.379 e. The summed E-state index contributed by atoms with van der Waals surface area (Å²) in [5.41, 5.74) is 1.14. The molecule has 0 bridgehead atoms. The molecular weight excluding hydrogens is 507 g/mol. The molecular formula is C20H28ClIN4OS. The highest BCUT2D eigenvalue weighted by molar-refractivity contribution is 14.0. The summed E-state index contributed by atoms with van der Waals surface area (Å²) in [5, 5.41) is 9.75. The molecule has 154 valence electrons. The fourth-order valence-electron chi connectivity index (χ4n) is 3.07. The van der Waals surface area contributed by atoms with E-state index in [0.717, 1.165) is 55.9 Å². The van der Waals surface area contributed by atoms with Gasteiger partial charge in [0.2, 0.25) is 0 Å². The summed E-state index contributed by atoms with van der Waals surface area (Å²) in [6, 6.07) is 12.5. The second-order valence-corrected chi connectivity index (χ2v) is 7.80. The van der Waals surface area contributed by atoms with Crippen LogP contribution in [0.1, 0.15) is 23.4 Å². The Morgan fingerprint density at radius 2 is 1.96 bits per heavy atom. The number of morpholine rings is 1. The van der Waals surface area contributed by atoms with Gasteiger partial charge in [0.05, 0.1) is 25.8 Å². The third-order valence-corrected chi connectivity index (χ3v) is 5.72. The maximum atomic E-state index is 5.96. The number of nitrogens with zero attached hydrogens (tertiary/aromatic N) is 2. The van der Waals surface area contributed by atoms with Crippen molar-refractivity contribution in [3.63, 3.8) is 0 Å². The number of ether oxygens (including phenoxy) is 1. The highest BCUT2D eigenvalue weighted by Gasteiger charge is 2.23. The zero-order chi connectivity index (χ0) is 18.9. The lowest BCUT2D eigenvalue weighted by molar-refractivity contribution is 0.0177. The van der Waals surface area contributed by atoms with Crippen molar-refractivity contribution >= 4 is 52.9 Å². The van der Waals surface area contributed by atoms with E-state index in [1.807, 2.05) is 24.3 Å². The van der Waals surface area contributed by atoms with Gasteiger partial charge in [0.1, 0.15) is 0 Å². The molecule has 2 N–H and O–H groups in total. The molecule has 0 saturated carbocycles. The molecule has 1 aromatic heterocycles. The minimum absolute atomic E-state index is 0. The number of nitrogens with one attached hydrogen (secondary N) is 2. The minimum Gasteiger partial charge on any atom is -0.379 e. The van der Waals surface area contributed by atoms with Crippen LogP contribution < -0.4 is 10.6 Å². The number of guanidine groups is 1. The van der Waals surface area contributed by atoms with Crippen LogP contribution in [0.5, 0.6) is 0 Å². The van der Waals surface area contributed by atoms with E-state index >= 15 is 0 Å². The van der Waals surface area contributed by atoms with E-state index in [1.165, 1.54) is 4.88 Å². The van der Waals surface area contributed by atoms with E-state index < -0.39 is 0 Å². The Labute approximate surface area is 193 Å². The van der Waals surface area contributed by atoms with Crippen LogP contribution in [-0.4, -0.2) is 50.3 Å². The number of rotatable bonds is 7. The van der Waals surface area contributed by atoms with E-state index in [-0.39, 0.29) is 24.0 Å². The molecule has 0 aliphatic carbocycles. The van der Waals surface area contributed by atoms with Crippen molar-refractivity contribution in [3.8, 4) is 0 Å². The Balaban J connectivity index is 0.00000280. The molecule has 5 nitrogen and oxygen atoms in total. The van der Waals surface area contributed by atoms with Gasteiger partial charge >= 0.3 is 0 Å². The lowest BCUT2D eigenvalue weighted by Crippen LogP contribution is -2.46. The molecule has 1 unspecified atom stereocenters. The highest BCUT2D eigenvalue weighted by Crippen LogP contribution is 2.25. The van der Waals surface area contributed by atoms with Crippen molar-refractivity contribution in [2.45, 2.75) is 19.5 Å². The van der Waals surface area contributed by atoms with E-state index in [2.05, 4.69) is 40.0 Å². The molecule has 2 heterocycles. The predicted octanol–water partition coefficient (Wildman–Crippen LogP) is 4.15. The molecule has 3 rings (SSSR count). The van der Waals surface area contributed by atoms with Crippen molar-refractivity contribution in [3.05, 3.63) is 57.2 Å². The summed E-state index contributed by atoms with van der Waals surface area (Å²) in [4.78, 5) is 8.59. The highest BCUT2D eigenvalue weighted by atomic mass is 127. The molecule has 2 aromatic rings. The maximum Gasteiger partial charge on any atom is 0.191 e. The molecule has 8 heteroatoms. The Kier molecular flexibility index (Phi) is 10.6. The first kappa shape index (κ1) is 23.4. The van der Waals surface area contributed by atoms with Gasteiger partial charge in [0.25, 0.3) is 0 Å². The molecule has 1 aromatic carbocycles. The minimum atomic E-state index is 0. The fourth-order valence-corrected chi connectivity index (χ4v) is 4.06. The lowest BCUT2D eigenvalue weighted by Gasteiger charge is -2.34. The average molecular weight is 535 g/mol. The number of aliphatic imine (C=N–C) groups is 1. The van der Waals surface area contributed by atoms with E-state index in [9.17, 15) is 0 Å². The molecule has 1 atom stereocenters. The third kappa shape index (κ3) is 7.18. The number of halogens is 2. The lowest BCUT2D eigenvalue weighted by atomic mass is 10.2. The molecule has 0 amide bonds. The average Bonchev–Trinajstić information content (AvgIpc) is 3.23. The zero-order valence-corrected chi connectivity index (χ0v) is 20.0. The predicted molar refractivity (Wildman–Crippen MR) is 129 cm³/mol. The monoisotopic (exact) mass is 534 g/mol. The molecule has 1 saturated heterocycles. The summed E-state index contributed by atoms with van der Waals surface area (Å²) in [7, 11) is 0. The Morgan fingerprint density at radius 3 is 2.61 bits per heavy atom. The SMILES string of the molecule is CCNC(=NCc1ccc(Cl)cc1)NCC(c1cccs1)N1CCOCC1.I. The van der Waals surface area contributed by atoms with Crippen LogP contribution in [0, 0.1) is 0 Å². The Bertz CT molecular complexity index is 706. The van der Waals surface area contributed by atoms with E-state index in [4.69, 9.17) is 21.3 Å². The van der Waals surface area contributed by atoms with Gasteiger partial charge < -0.3 is 15.4 Å². The first-order valence-corrected chi connectivity index (χ1v) is 10.6. The van der Waals surface area contributed by atoms with Crippen LogP contribution in [0.2, 0.25) is 5.02 Å². The van der Waals surface area contributed by atoms with Crippen LogP contribution in [0.25, 0.3) is 0 Å². The Hall–Kier alpha value is -0.870. The molecule has 0 radical (unpaired) electrons. The fraction of sp³-hybridized carbons (Fsp3) is 0.450. The summed E-state index contributed by atoms with van der Waals surface area (Å²) in [6.45, 7) is 7.86. The van der Waals surface area contributed by atoms with Crippen molar-refractivity contribution in [2.75, 3.05) is 39.4 Å². The number of hydrogen-bond donors (Lipinski definition) is 2. The maximum absolute atomic E-state index is 5.96. The Morgan fingerprint density at radius 1 is 1.21 bits per heavy atom. The first-order chi connectivity index (χ1) is 13.3. The van der Waals surface area contributed by atoms with Crippen molar-refractivity contribution in [1.82, 2.24) is 15.5 Å². The van der Waals surface area contributed by atoms with Crippen molar-refractivity contribution < 1.29 is 4.74 Å². The number of thiophene rings is 1. The van der Waals surface area contributed by atoms with Gasteiger partial charge in [-0.15, -0.1) is 35.3 Å². The smallest absolute Gasteiger partial charge is 0.191 e. The van der Waals surface area contributed by atoms with E-state index in [0.29, 0.717) is 12.6 Å². The quantitative estimate of drug-likeness (QED) is 0.318. The molecule has 0 spiro atoms. The molecule has 1 aliphatic heterocycles. The second-order valence-electron chi connectivity index (χ2n) is 6.38. The van der Waals surface area contributed by atoms with Crippen LogP contribution >= 0.6 is 46.9 Å². The molecule has 28 heavy (non-hydrogen) atoms. The van der Waals surface area contributed by atoms with Crippen LogP contribution in [0.4, 0.5) is 0 Å². The second kappa shape index (κ2) is 12.6.